The molecule has 7 heteroatoms. The lowest BCUT2D eigenvalue weighted by atomic mass is 10.2. The number of benzene rings is 1. The van der Waals surface area contributed by atoms with Gasteiger partial charge in [-0.25, -0.2) is 0 Å². The van der Waals surface area contributed by atoms with Crippen molar-refractivity contribution in [2.45, 2.75) is 11.9 Å². The van der Waals surface area contributed by atoms with Crippen LogP contribution in [0.25, 0.3) is 0 Å². The lowest BCUT2D eigenvalue weighted by Crippen LogP contribution is -2.25. The maximum Gasteiger partial charge on any atom is 0.251 e. The van der Waals surface area contributed by atoms with Crippen LogP contribution in [0.3, 0.4) is 0 Å². The average Bonchev–Trinajstić information content (AvgIpc) is 3.03. The first-order chi connectivity index (χ1) is 10.6. The molecule has 2 N–H and O–H groups in total. The Morgan fingerprint density at radius 1 is 1.41 bits per heavy atom. The Bertz CT molecular complexity index is 611. The Morgan fingerprint density at radius 2 is 2.18 bits per heavy atom. The summed E-state index contributed by atoms with van der Waals surface area (Å²) in [5.74, 6) is 1.35. The molecule has 2 rings (SSSR count). The predicted octanol–water partition coefficient (Wildman–Crippen LogP) is 2.28. The maximum absolute atomic E-state index is 12.0. The molecule has 6 nitrogen and oxygen atoms in total. The van der Waals surface area contributed by atoms with Crippen molar-refractivity contribution in [1.82, 2.24) is 20.7 Å². The normalized spacial score (nSPS) is 10.2. The fourth-order valence-electron chi connectivity index (χ4n) is 1.59. The molecule has 1 amide bonds. The Balaban J connectivity index is 1.73. The van der Waals surface area contributed by atoms with E-state index in [1.54, 1.807) is 30.5 Å². The van der Waals surface area contributed by atoms with Crippen LogP contribution in [0.1, 0.15) is 17.3 Å². The monoisotopic (exact) mass is 318 g/mol. The molecule has 0 fully saturated rings. The van der Waals surface area contributed by atoms with Gasteiger partial charge in [-0.3, -0.25) is 4.79 Å². The van der Waals surface area contributed by atoms with Gasteiger partial charge in [-0.2, -0.15) is 10.3 Å². The average molecular weight is 318 g/mol. The molecule has 0 unspecified atom stereocenters. The SMILES string of the molecule is C=C(C)COc1ccc(C(=O)NCCSc2cn[nH]n2)cc1. The number of nitrogens with zero attached hydrogens (tertiary/aromatic N) is 2. The fourth-order valence-corrected chi connectivity index (χ4v) is 2.24. The highest BCUT2D eigenvalue weighted by atomic mass is 32.2. The molecule has 0 atom stereocenters. The van der Waals surface area contributed by atoms with Gasteiger partial charge in [-0.1, -0.05) is 6.58 Å². The highest BCUT2D eigenvalue weighted by Crippen LogP contribution is 2.13. The van der Waals surface area contributed by atoms with Gasteiger partial charge in [0.1, 0.15) is 17.4 Å². The molecule has 0 aliphatic heterocycles. The zero-order valence-electron chi connectivity index (χ0n) is 12.3. The minimum atomic E-state index is -0.104. The second kappa shape index (κ2) is 8.23. The Morgan fingerprint density at radius 3 is 2.82 bits per heavy atom. The molecule has 1 heterocycles. The minimum absolute atomic E-state index is 0.104. The molecular weight excluding hydrogens is 300 g/mol. The van der Waals surface area contributed by atoms with E-state index in [2.05, 4.69) is 27.3 Å². The molecule has 0 aliphatic rings. The Hall–Kier alpha value is -2.28. The molecule has 0 saturated carbocycles. The first-order valence-corrected chi connectivity index (χ1v) is 7.78. The highest BCUT2D eigenvalue weighted by molar-refractivity contribution is 7.99. The molecule has 0 spiro atoms. The van der Waals surface area contributed by atoms with Crippen molar-refractivity contribution in [3.05, 3.63) is 48.2 Å². The minimum Gasteiger partial charge on any atom is -0.489 e. The van der Waals surface area contributed by atoms with E-state index < -0.39 is 0 Å². The number of thioether (sulfide) groups is 1. The number of rotatable bonds is 8. The van der Waals surface area contributed by atoms with Gasteiger partial charge in [0, 0.05) is 17.9 Å². The summed E-state index contributed by atoms with van der Waals surface area (Å²) in [7, 11) is 0. The molecule has 116 valence electrons. The number of ether oxygens (including phenoxy) is 1. The summed E-state index contributed by atoms with van der Waals surface area (Å²) in [6, 6.07) is 7.05. The summed E-state index contributed by atoms with van der Waals surface area (Å²) in [6.45, 7) is 6.71. The van der Waals surface area contributed by atoms with Crippen LogP contribution < -0.4 is 10.1 Å². The third-order valence-electron chi connectivity index (χ3n) is 2.63. The van der Waals surface area contributed by atoms with Crippen molar-refractivity contribution < 1.29 is 9.53 Å². The zero-order chi connectivity index (χ0) is 15.8. The van der Waals surface area contributed by atoms with Gasteiger partial charge in [0.2, 0.25) is 0 Å². The smallest absolute Gasteiger partial charge is 0.251 e. The fraction of sp³-hybridized carbons (Fsp3) is 0.267. The number of aromatic amines is 1. The van der Waals surface area contributed by atoms with Gasteiger partial charge in [0.05, 0.1) is 6.20 Å². The molecule has 1 aromatic carbocycles. The third kappa shape index (κ3) is 5.25. The predicted molar refractivity (Wildman–Crippen MR) is 86.2 cm³/mol. The largest absolute Gasteiger partial charge is 0.489 e. The molecule has 0 radical (unpaired) electrons. The Kier molecular flexibility index (Phi) is 6.02. The van der Waals surface area contributed by atoms with Crippen LogP contribution in [0, 0.1) is 0 Å². The number of nitrogens with one attached hydrogen (secondary N) is 2. The maximum atomic E-state index is 12.0. The van der Waals surface area contributed by atoms with Crippen molar-refractivity contribution in [2.75, 3.05) is 18.9 Å². The van der Waals surface area contributed by atoms with Crippen LogP contribution in [0.4, 0.5) is 0 Å². The van der Waals surface area contributed by atoms with Gasteiger partial charge in [-0.15, -0.1) is 16.9 Å². The van der Waals surface area contributed by atoms with Gasteiger partial charge < -0.3 is 10.1 Å². The van der Waals surface area contributed by atoms with E-state index in [4.69, 9.17) is 4.74 Å². The van der Waals surface area contributed by atoms with E-state index in [9.17, 15) is 4.79 Å². The molecular formula is C15H18N4O2S. The van der Waals surface area contributed by atoms with Crippen molar-refractivity contribution in [3.63, 3.8) is 0 Å². The summed E-state index contributed by atoms with van der Waals surface area (Å²) in [5, 5.41) is 13.9. The lowest BCUT2D eigenvalue weighted by Gasteiger charge is -2.07. The summed E-state index contributed by atoms with van der Waals surface area (Å²) in [6.07, 6.45) is 1.65. The molecule has 0 bridgehead atoms. The van der Waals surface area contributed by atoms with Gasteiger partial charge in [0.25, 0.3) is 5.91 Å². The number of amides is 1. The van der Waals surface area contributed by atoms with E-state index in [-0.39, 0.29) is 5.91 Å². The van der Waals surface area contributed by atoms with Crippen molar-refractivity contribution in [3.8, 4) is 5.75 Å². The van der Waals surface area contributed by atoms with E-state index in [1.165, 1.54) is 11.8 Å². The summed E-state index contributed by atoms with van der Waals surface area (Å²) in [4.78, 5) is 12.0. The molecule has 2 aromatic rings. The van der Waals surface area contributed by atoms with E-state index in [1.807, 2.05) is 6.92 Å². The van der Waals surface area contributed by atoms with Crippen LogP contribution in [-0.4, -0.2) is 40.2 Å². The Labute approximate surface area is 133 Å². The molecule has 1 aromatic heterocycles. The van der Waals surface area contributed by atoms with Crippen molar-refractivity contribution in [2.24, 2.45) is 0 Å². The third-order valence-corrected chi connectivity index (χ3v) is 3.53. The standard InChI is InChI=1S/C15H18N4O2S/c1-11(2)10-21-13-5-3-12(4-6-13)15(20)16-7-8-22-14-9-17-19-18-14/h3-6,9H,1,7-8,10H2,2H3,(H,16,20)(H,17,18,19). The number of H-pyrrole nitrogens is 1. The second-order valence-corrected chi connectivity index (χ2v) is 5.80. The van der Waals surface area contributed by atoms with Crippen molar-refractivity contribution >= 4 is 17.7 Å². The lowest BCUT2D eigenvalue weighted by molar-refractivity contribution is 0.0956. The van der Waals surface area contributed by atoms with E-state index in [0.29, 0.717) is 18.7 Å². The number of carbonyl (C=O) groups is 1. The zero-order valence-corrected chi connectivity index (χ0v) is 13.2. The topological polar surface area (TPSA) is 79.9 Å². The summed E-state index contributed by atoms with van der Waals surface area (Å²) >= 11 is 1.53. The van der Waals surface area contributed by atoms with Crippen LogP contribution in [0.15, 0.2) is 47.6 Å². The number of carbonyl (C=O) groups excluding carboxylic acids is 1. The van der Waals surface area contributed by atoms with E-state index >= 15 is 0 Å². The van der Waals surface area contributed by atoms with Crippen molar-refractivity contribution in [1.29, 1.82) is 0 Å². The summed E-state index contributed by atoms with van der Waals surface area (Å²) in [5.41, 5.74) is 1.56. The van der Waals surface area contributed by atoms with Crippen LogP contribution in [-0.2, 0) is 0 Å². The van der Waals surface area contributed by atoms with Gasteiger partial charge in [0.15, 0.2) is 0 Å². The van der Waals surface area contributed by atoms with E-state index in [0.717, 1.165) is 22.1 Å². The molecule has 0 aliphatic carbocycles. The van der Waals surface area contributed by atoms with Crippen LogP contribution in [0.5, 0.6) is 5.75 Å². The van der Waals surface area contributed by atoms with Crippen LogP contribution in [0.2, 0.25) is 0 Å². The number of hydrogen-bond donors (Lipinski definition) is 2. The first kappa shape index (κ1) is 16.1. The van der Waals surface area contributed by atoms with Gasteiger partial charge >= 0.3 is 0 Å². The second-order valence-electron chi connectivity index (χ2n) is 4.68. The number of aromatic nitrogens is 3. The molecule has 22 heavy (non-hydrogen) atoms. The first-order valence-electron chi connectivity index (χ1n) is 6.79. The van der Waals surface area contributed by atoms with Gasteiger partial charge in [-0.05, 0) is 36.8 Å². The quantitative estimate of drug-likeness (QED) is 0.443. The number of hydrogen-bond acceptors (Lipinski definition) is 5. The highest BCUT2D eigenvalue weighted by Gasteiger charge is 2.05. The summed E-state index contributed by atoms with van der Waals surface area (Å²) < 4.78 is 5.49. The van der Waals surface area contributed by atoms with Crippen LogP contribution >= 0.6 is 11.8 Å². The molecule has 0 saturated heterocycles.